The van der Waals surface area contributed by atoms with Crippen molar-refractivity contribution < 1.29 is 4.79 Å². The first-order valence-corrected chi connectivity index (χ1v) is 10.7. The Morgan fingerprint density at radius 1 is 1.19 bits per heavy atom. The Morgan fingerprint density at radius 2 is 2.07 bits per heavy atom. The molecule has 0 spiro atoms. The van der Waals surface area contributed by atoms with Gasteiger partial charge in [0.15, 0.2) is 0 Å². The number of rotatable bonds is 6. The van der Waals surface area contributed by atoms with Gasteiger partial charge in [0.25, 0.3) is 5.91 Å². The van der Waals surface area contributed by atoms with E-state index in [2.05, 4.69) is 46.1 Å². The van der Waals surface area contributed by atoms with E-state index >= 15 is 0 Å². The number of nitrogens with one attached hydrogen (secondary N) is 1. The molecule has 1 fully saturated rings. The van der Waals surface area contributed by atoms with Crippen LogP contribution in [0.2, 0.25) is 0 Å². The predicted octanol–water partition coefficient (Wildman–Crippen LogP) is 4.69. The highest BCUT2D eigenvalue weighted by molar-refractivity contribution is 7.16. The van der Waals surface area contributed by atoms with Crippen molar-refractivity contribution in [2.24, 2.45) is 0 Å². The van der Waals surface area contributed by atoms with Gasteiger partial charge in [-0.1, -0.05) is 24.6 Å². The normalized spacial score (nSPS) is 18.0. The molecule has 1 atom stereocenters. The van der Waals surface area contributed by atoms with Crippen LogP contribution in [0, 0.1) is 0 Å². The second-order valence-electron chi connectivity index (χ2n) is 7.37. The Bertz CT molecular complexity index is 913. The van der Waals surface area contributed by atoms with E-state index in [1.807, 2.05) is 24.3 Å². The lowest BCUT2D eigenvalue weighted by Gasteiger charge is -2.33. The summed E-state index contributed by atoms with van der Waals surface area (Å²) in [5, 5.41) is 5.37. The number of hydrogen-bond acceptors (Lipinski definition) is 3. The zero-order valence-electron chi connectivity index (χ0n) is 15.9. The summed E-state index contributed by atoms with van der Waals surface area (Å²) in [4.78, 5) is 15.8. The number of aromatic nitrogens is 1. The summed E-state index contributed by atoms with van der Waals surface area (Å²) in [6.07, 6.45) is 7.04. The van der Waals surface area contributed by atoms with Gasteiger partial charge < -0.3 is 14.8 Å². The van der Waals surface area contributed by atoms with Crippen molar-refractivity contribution in [2.45, 2.75) is 38.6 Å². The molecule has 3 heterocycles. The van der Waals surface area contributed by atoms with Gasteiger partial charge in [-0.15, -0.1) is 11.3 Å². The van der Waals surface area contributed by atoms with Gasteiger partial charge in [0.2, 0.25) is 0 Å². The van der Waals surface area contributed by atoms with Gasteiger partial charge in [0, 0.05) is 25.3 Å². The van der Waals surface area contributed by atoms with Crippen LogP contribution in [-0.4, -0.2) is 41.1 Å². The quantitative estimate of drug-likeness (QED) is 0.629. The zero-order chi connectivity index (χ0) is 18.6. The highest BCUT2D eigenvalue weighted by Gasteiger charge is 2.17. The average molecular weight is 382 g/mol. The second kappa shape index (κ2) is 8.28. The summed E-state index contributed by atoms with van der Waals surface area (Å²) in [6.45, 7) is 5.33. The zero-order valence-corrected chi connectivity index (χ0v) is 16.7. The van der Waals surface area contributed by atoms with Crippen LogP contribution < -0.4 is 5.32 Å². The Morgan fingerprint density at radius 3 is 2.96 bits per heavy atom. The number of amides is 1. The van der Waals surface area contributed by atoms with Crippen LogP contribution in [0.5, 0.6) is 0 Å². The van der Waals surface area contributed by atoms with Crippen LogP contribution in [0.4, 0.5) is 0 Å². The van der Waals surface area contributed by atoms with E-state index in [1.165, 1.54) is 36.7 Å². The standard InChI is InChI=1S/C22H27N3OS/c1-17-7-4-5-14-24(17)15-6-13-23-22(26)20-10-11-21(27-20)25-16-12-18-8-2-3-9-19(18)25/h2-3,8-12,16-17H,4-7,13-15H2,1H3,(H,23,26)/t17-/m1/s1. The summed E-state index contributed by atoms with van der Waals surface area (Å²) in [5.41, 5.74) is 1.17. The maximum absolute atomic E-state index is 12.5. The fourth-order valence-electron chi connectivity index (χ4n) is 3.92. The van der Waals surface area contributed by atoms with E-state index < -0.39 is 0 Å². The van der Waals surface area contributed by atoms with E-state index in [0.717, 1.165) is 29.4 Å². The molecule has 142 valence electrons. The first-order valence-electron chi connectivity index (χ1n) is 9.91. The van der Waals surface area contributed by atoms with Gasteiger partial charge in [-0.25, -0.2) is 0 Å². The van der Waals surface area contributed by atoms with E-state index in [9.17, 15) is 4.79 Å². The van der Waals surface area contributed by atoms with Gasteiger partial charge in [-0.2, -0.15) is 0 Å². The molecule has 5 heteroatoms. The molecule has 1 aliphatic heterocycles. The Kier molecular flexibility index (Phi) is 5.60. The third kappa shape index (κ3) is 4.09. The molecule has 0 bridgehead atoms. The van der Waals surface area contributed by atoms with Gasteiger partial charge in [0.1, 0.15) is 5.00 Å². The lowest BCUT2D eigenvalue weighted by Crippen LogP contribution is -2.39. The minimum Gasteiger partial charge on any atom is -0.351 e. The van der Waals surface area contributed by atoms with Gasteiger partial charge >= 0.3 is 0 Å². The number of nitrogens with zero attached hydrogens (tertiary/aromatic N) is 2. The van der Waals surface area contributed by atoms with E-state index in [-0.39, 0.29) is 5.91 Å². The van der Waals surface area contributed by atoms with Crippen molar-refractivity contribution in [1.82, 2.24) is 14.8 Å². The minimum absolute atomic E-state index is 0.0365. The molecule has 2 aromatic heterocycles. The number of piperidine rings is 1. The lowest BCUT2D eigenvalue weighted by atomic mass is 10.0. The number of thiophene rings is 1. The maximum atomic E-state index is 12.5. The van der Waals surface area contributed by atoms with Crippen molar-refractivity contribution in [3.63, 3.8) is 0 Å². The fraction of sp³-hybridized carbons (Fsp3) is 0.409. The molecule has 1 aliphatic rings. The molecular weight excluding hydrogens is 354 g/mol. The molecular formula is C22H27N3OS. The molecule has 3 aromatic rings. The number of carbonyl (C=O) groups is 1. The summed E-state index contributed by atoms with van der Waals surface area (Å²) in [6, 6.07) is 15.1. The first kappa shape index (κ1) is 18.3. The SMILES string of the molecule is C[C@@H]1CCCCN1CCCNC(=O)c1ccc(-n2ccc3ccccc32)s1. The number of likely N-dealkylation sites (tertiary alicyclic amines) is 1. The number of para-hydroxylation sites is 1. The topological polar surface area (TPSA) is 37.3 Å². The van der Waals surface area contributed by atoms with Crippen LogP contribution in [0.1, 0.15) is 42.3 Å². The van der Waals surface area contributed by atoms with E-state index in [4.69, 9.17) is 0 Å². The molecule has 1 aromatic carbocycles. The van der Waals surface area contributed by atoms with Crippen molar-refractivity contribution in [3.05, 3.63) is 53.5 Å². The summed E-state index contributed by atoms with van der Waals surface area (Å²) < 4.78 is 2.15. The molecule has 1 saturated heterocycles. The van der Waals surface area contributed by atoms with Crippen molar-refractivity contribution >= 4 is 28.1 Å². The Labute approximate surface area is 164 Å². The van der Waals surface area contributed by atoms with Gasteiger partial charge in [-0.05, 0) is 62.4 Å². The van der Waals surface area contributed by atoms with Crippen LogP contribution >= 0.6 is 11.3 Å². The lowest BCUT2D eigenvalue weighted by molar-refractivity contribution is 0.0953. The third-order valence-electron chi connectivity index (χ3n) is 5.50. The molecule has 1 N–H and O–H groups in total. The predicted molar refractivity (Wildman–Crippen MR) is 113 cm³/mol. The largest absolute Gasteiger partial charge is 0.351 e. The van der Waals surface area contributed by atoms with Crippen LogP contribution in [0.25, 0.3) is 15.9 Å². The average Bonchev–Trinajstić information content (AvgIpc) is 3.33. The minimum atomic E-state index is 0.0365. The molecule has 1 amide bonds. The molecule has 0 radical (unpaired) electrons. The summed E-state index contributed by atoms with van der Waals surface area (Å²) in [7, 11) is 0. The summed E-state index contributed by atoms with van der Waals surface area (Å²) >= 11 is 1.54. The number of hydrogen-bond donors (Lipinski definition) is 1. The Balaban J connectivity index is 1.32. The van der Waals surface area contributed by atoms with Crippen LogP contribution in [0.3, 0.4) is 0 Å². The number of benzene rings is 1. The monoisotopic (exact) mass is 381 g/mol. The molecule has 4 nitrogen and oxygen atoms in total. The highest BCUT2D eigenvalue weighted by Crippen LogP contribution is 2.26. The van der Waals surface area contributed by atoms with Gasteiger partial charge in [0.05, 0.1) is 10.4 Å². The number of carbonyl (C=O) groups excluding carboxylic acids is 1. The Hall–Kier alpha value is -2.11. The van der Waals surface area contributed by atoms with Crippen molar-refractivity contribution in [3.8, 4) is 5.00 Å². The van der Waals surface area contributed by atoms with Crippen LogP contribution in [0.15, 0.2) is 48.7 Å². The van der Waals surface area contributed by atoms with Crippen molar-refractivity contribution in [1.29, 1.82) is 0 Å². The van der Waals surface area contributed by atoms with E-state index in [1.54, 1.807) is 11.3 Å². The van der Waals surface area contributed by atoms with Crippen LogP contribution in [-0.2, 0) is 0 Å². The molecule has 27 heavy (non-hydrogen) atoms. The summed E-state index contributed by atoms with van der Waals surface area (Å²) in [5.74, 6) is 0.0365. The van der Waals surface area contributed by atoms with Gasteiger partial charge in [-0.3, -0.25) is 4.79 Å². The molecule has 0 aliphatic carbocycles. The maximum Gasteiger partial charge on any atom is 0.261 e. The smallest absolute Gasteiger partial charge is 0.261 e. The molecule has 4 rings (SSSR count). The van der Waals surface area contributed by atoms with Crippen molar-refractivity contribution in [2.75, 3.05) is 19.6 Å². The third-order valence-corrected chi connectivity index (χ3v) is 6.58. The molecule has 0 unspecified atom stereocenters. The first-order chi connectivity index (χ1) is 13.2. The second-order valence-corrected chi connectivity index (χ2v) is 8.43. The highest BCUT2D eigenvalue weighted by atomic mass is 32.1. The van der Waals surface area contributed by atoms with E-state index in [0.29, 0.717) is 6.04 Å². The molecule has 0 saturated carbocycles. The number of fused-ring (bicyclic) bond motifs is 1. The fourth-order valence-corrected chi connectivity index (χ4v) is 4.84.